The van der Waals surface area contributed by atoms with E-state index in [-0.39, 0.29) is 21.7 Å². The normalized spacial score (nSPS) is 53.8. The van der Waals surface area contributed by atoms with E-state index in [9.17, 15) is 15.3 Å². The molecule has 0 amide bonds. The van der Waals surface area contributed by atoms with Crippen molar-refractivity contribution in [2.75, 3.05) is 6.61 Å². The molecule has 0 aromatic rings. The summed E-state index contributed by atoms with van der Waals surface area (Å²) in [5, 5.41) is 32.3. The standard InChI is InChI=1S/C29H48O3/c1-25(2)11-13-29(17-30)14-12-27(5)18-9-10-23-26(3,4)24(32)22(31)16-28(23,6)19(18)7-8-20(27)21(29)15-25/h8,18-19,21-24,30-32H,7,9-17H2,1-6H3/t18?,19-,21-,22+,23-,24-,27-,28+,29+/m0/s1. The minimum absolute atomic E-state index is 0.0768. The summed E-state index contributed by atoms with van der Waals surface area (Å²) < 4.78 is 0. The van der Waals surface area contributed by atoms with E-state index in [1.54, 1.807) is 5.57 Å². The largest absolute Gasteiger partial charge is 0.396 e. The molecule has 3 nitrogen and oxygen atoms in total. The second-order valence-corrected chi connectivity index (χ2v) is 14.6. The van der Waals surface area contributed by atoms with Crippen LogP contribution in [0.1, 0.15) is 99.3 Å². The Morgan fingerprint density at radius 1 is 0.875 bits per heavy atom. The van der Waals surface area contributed by atoms with Gasteiger partial charge in [0.25, 0.3) is 0 Å². The molecule has 0 bridgehead atoms. The van der Waals surface area contributed by atoms with E-state index in [0.29, 0.717) is 35.7 Å². The first-order valence-electron chi connectivity index (χ1n) is 13.5. The minimum Gasteiger partial charge on any atom is -0.396 e. The number of hydrogen-bond acceptors (Lipinski definition) is 3. The second-order valence-electron chi connectivity index (χ2n) is 14.6. The third kappa shape index (κ3) is 2.95. The zero-order valence-corrected chi connectivity index (χ0v) is 21.5. The summed E-state index contributed by atoms with van der Waals surface area (Å²) >= 11 is 0. The average molecular weight is 445 g/mol. The fourth-order valence-corrected chi connectivity index (χ4v) is 10.3. The molecule has 0 heterocycles. The molecule has 1 unspecified atom stereocenters. The number of allylic oxidation sites excluding steroid dienone is 2. The lowest BCUT2D eigenvalue weighted by atomic mass is 9.37. The van der Waals surface area contributed by atoms with Crippen LogP contribution in [0.25, 0.3) is 0 Å². The quantitative estimate of drug-likeness (QED) is 0.453. The van der Waals surface area contributed by atoms with Crippen molar-refractivity contribution < 1.29 is 15.3 Å². The molecule has 5 aliphatic rings. The van der Waals surface area contributed by atoms with Crippen molar-refractivity contribution in [2.45, 2.75) is 112 Å². The number of fused-ring (bicyclic) bond motifs is 7. The summed E-state index contributed by atoms with van der Waals surface area (Å²) in [6.07, 6.45) is 11.6. The van der Waals surface area contributed by atoms with Gasteiger partial charge in [0.1, 0.15) is 0 Å². The van der Waals surface area contributed by atoms with Crippen LogP contribution in [0.2, 0.25) is 0 Å². The van der Waals surface area contributed by atoms with Crippen molar-refractivity contribution in [3.63, 3.8) is 0 Å². The maximum Gasteiger partial charge on any atom is 0.0852 e. The Balaban J connectivity index is 1.54. The summed E-state index contributed by atoms with van der Waals surface area (Å²) in [6.45, 7) is 14.6. The highest BCUT2D eigenvalue weighted by atomic mass is 16.3. The highest BCUT2D eigenvalue weighted by molar-refractivity contribution is 5.31. The molecule has 9 atom stereocenters. The predicted octanol–water partition coefficient (Wildman–Crippen LogP) is 5.72. The van der Waals surface area contributed by atoms with Crippen LogP contribution in [0.4, 0.5) is 0 Å². The monoisotopic (exact) mass is 444 g/mol. The van der Waals surface area contributed by atoms with Crippen LogP contribution in [0, 0.1) is 50.7 Å². The summed E-state index contributed by atoms with van der Waals surface area (Å²) in [5.41, 5.74) is 2.20. The molecule has 182 valence electrons. The minimum atomic E-state index is -0.619. The molecule has 0 spiro atoms. The van der Waals surface area contributed by atoms with Gasteiger partial charge in [-0.05, 0) is 103 Å². The molecule has 0 aromatic carbocycles. The van der Waals surface area contributed by atoms with E-state index in [4.69, 9.17) is 0 Å². The zero-order chi connectivity index (χ0) is 23.3. The smallest absolute Gasteiger partial charge is 0.0852 e. The number of aliphatic hydroxyl groups excluding tert-OH is 3. The molecule has 3 heteroatoms. The molecular formula is C29H48O3. The number of rotatable bonds is 1. The molecule has 0 radical (unpaired) electrons. The molecule has 5 rings (SSSR count). The topological polar surface area (TPSA) is 60.7 Å². The SMILES string of the molecule is CC1(C)CC[C@]2(CO)CC[C@]3(C)C(=CC[C@H]4C3CC[C@H]3C(C)(C)[C@@H](O)[C@H](O)C[C@]43C)[C@@H]2C1. The summed E-state index contributed by atoms with van der Waals surface area (Å²) in [5.74, 6) is 2.22. The summed E-state index contributed by atoms with van der Waals surface area (Å²) in [6, 6.07) is 0. The maximum atomic E-state index is 10.9. The first-order valence-corrected chi connectivity index (χ1v) is 13.5. The Bertz CT molecular complexity index is 798. The highest BCUT2D eigenvalue weighted by Crippen LogP contribution is 2.71. The van der Waals surface area contributed by atoms with Crippen molar-refractivity contribution >= 4 is 0 Å². The van der Waals surface area contributed by atoms with Gasteiger partial charge in [-0.25, -0.2) is 0 Å². The molecule has 0 aliphatic heterocycles. The van der Waals surface area contributed by atoms with Gasteiger partial charge < -0.3 is 15.3 Å². The Labute approximate surface area is 196 Å². The van der Waals surface area contributed by atoms with Crippen LogP contribution in [0.3, 0.4) is 0 Å². The Morgan fingerprint density at radius 2 is 1.56 bits per heavy atom. The van der Waals surface area contributed by atoms with Gasteiger partial charge in [0.2, 0.25) is 0 Å². The molecule has 3 N–H and O–H groups in total. The van der Waals surface area contributed by atoms with E-state index in [1.165, 1.54) is 38.5 Å². The van der Waals surface area contributed by atoms with Crippen LogP contribution in [0.15, 0.2) is 11.6 Å². The van der Waals surface area contributed by atoms with Crippen LogP contribution < -0.4 is 0 Å². The molecular weight excluding hydrogens is 396 g/mol. The van der Waals surface area contributed by atoms with Gasteiger partial charge in [0.05, 0.1) is 12.2 Å². The van der Waals surface area contributed by atoms with Crippen molar-refractivity contribution in [2.24, 2.45) is 50.7 Å². The van der Waals surface area contributed by atoms with Crippen molar-refractivity contribution in [1.82, 2.24) is 0 Å². The second kappa shape index (κ2) is 7.08. The molecule has 4 saturated carbocycles. The van der Waals surface area contributed by atoms with Gasteiger partial charge in [-0.15, -0.1) is 0 Å². The van der Waals surface area contributed by atoms with Crippen molar-refractivity contribution in [3.05, 3.63) is 11.6 Å². The maximum absolute atomic E-state index is 10.9. The van der Waals surface area contributed by atoms with Crippen LogP contribution in [-0.4, -0.2) is 34.1 Å². The number of aliphatic hydroxyl groups is 3. The van der Waals surface area contributed by atoms with Gasteiger partial charge in [-0.3, -0.25) is 0 Å². The Kier molecular flexibility index (Phi) is 5.17. The van der Waals surface area contributed by atoms with E-state index >= 15 is 0 Å². The molecule has 4 fully saturated rings. The van der Waals surface area contributed by atoms with E-state index in [1.807, 2.05) is 0 Å². The Morgan fingerprint density at radius 3 is 2.25 bits per heavy atom. The fourth-order valence-electron chi connectivity index (χ4n) is 10.3. The first-order chi connectivity index (χ1) is 14.8. The van der Waals surface area contributed by atoms with Gasteiger partial charge in [0.15, 0.2) is 0 Å². The number of hydrogen-bond donors (Lipinski definition) is 3. The average Bonchev–Trinajstić information content (AvgIpc) is 2.71. The molecule has 5 aliphatic carbocycles. The van der Waals surface area contributed by atoms with Gasteiger partial charge in [-0.1, -0.05) is 53.2 Å². The van der Waals surface area contributed by atoms with E-state index in [0.717, 1.165) is 19.3 Å². The van der Waals surface area contributed by atoms with Gasteiger partial charge >= 0.3 is 0 Å². The van der Waals surface area contributed by atoms with E-state index in [2.05, 4.69) is 47.6 Å². The molecule has 0 saturated heterocycles. The Hall–Kier alpha value is -0.380. The lowest BCUT2D eigenvalue weighted by molar-refractivity contribution is -0.209. The molecule has 32 heavy (non-hydrogen) atoms. The van der Waals surface area contributed by atoms with Crippen molar-refractivity contribution in [3.8, 4) is 0 Å². The van der Waals surface area contributed by atoms with Crippen LogP contribution >= 0.6 is 0 Å². The summed E-state index contributed by atoms with van der Waals surface area (Å²) in [4.78, 5) is 0. The van der Waals surface area contributed by atoms with E-state index < -0.39 is 12.2 Å². The lowest BCUT2D eigenvalue weighted by Gasteiger charge is -2.67. The fraction of sp³-hybridized carbons (Fsp3) is 0.931. The summed E-state index contributed by atoms with van der Waals surface area (Å²) in [7, 11) is 0. The molecule has 0 aromatic heterocycles. The van der Waals surface area contributed by atoms with Gasteiger partial charge in [0, 0.05) is 12.0 Å². The third-order valence-electron chi connectivity index (χ3n) is 12.3. The highest BCUT2D eigenvalue weighted by Gasteiger charge is 2.65. The lowest BCUT2D eigenvalue weighted by Crippen LogP contribution is -2.63. The van der Waals surface area contributed by atoms with Crippen molar-refractivity contribution in [1.29, 1.82) is 0 Å². The zero-order valence-electron chi connectivity index (χ0n) is 21.5. The first kappa shape index (κ1) is 23.4. The van der Waals surface area contributed by atoms with Gasteiger partial charge in [-0.2, -0.15) is 0 Å². The third-order valence-corrected chi connectivity index (χ3v) is 12.3. The van der Waals surface area contributed by atoms with Crippen LogP contribution in [-0.2, 0) is 0 Å². The van der Waals surface area contributed by atoms with Crippen LogP contribution in [0.5, 0.6) is 0 Å². The predicted molar refractivity (Wildman–Crippen MR) is 129 cm³/mol.